The van der Waals surface area contributed by atoms with E-state index < -0.39 is 83.0 Å². The minimum Gasteiger partial charge on any atom is -0.462 e. The van der Waals surface area contributed by atoms with Gasteiger partial charge in [-0.25, -0.2) is 9.59 Å². The second kappa shape index (κ2) is 15.5. The van der Waals surface area contributed by atoms with E-state index >= 15 is 4.79 Å². The Kier molecular flexibility index (Phi) is 10.4. The number of amides is 2. The summed E-state index contributed by atoms with van der Waals surface area (Å²) in [4.78, 5) is 76.3. The van der Waals surface area contributed by atoms with E-state index in [2.05, 4.69) is 5.32 Å². The molecule has 314 valence electrons. The van der Waals surface area contributed by atoms with Gasteiger partial charge in [-0.15, -0.1) is 0 Å². The number of fused-ring (bicyclic) bond motifs is 4. The monoisotopic (exact) mass is 821 g/mol. The van der Waals surface area contributed by atoms with Crippen LogP contribution in [0.3, 0.4) is 0 Å². The first-order valence-corrected chi connectivity index (χ1v) is 20.4. The quantitative estimate of drug-likeness (QED) is 0.164. The molecule has 5 saturated heterocycles. The number of aliphatic hydroxyl groups excluding tert-OH is 1. The van der Waals surface area contributed by atoms with Crippen LogP contribution in [0.1, 0.15) is 55.4 Å². The number of carbonyl (C=O) groups excluding carboxylic acids is 5. The highest BCUT2D eigenvalue weighted by Crippen LogP contribution is 2.60. The smallest absolute Gasteiger partial charge is 0.348 e. The SMILES string of the molecule is CC1(C)COC(=O)[C@@H]1OC(=O)C=Cc1ccc(CN2O[C@@H]3[C@H]4OC(c5ccccc5)(c5ccccc5)O[C@H]4[C@H]4C[C@]3(C(=O)N3CCC[C@@H]3C(=O)NCCO)[C@@H]2C(=O)O4)cc1. The summed E-state index contributed by atoms with van der Waals surface area (Å²) in [5, 5.41) is 13.6. The van der Waals surface area contributed by atoms with Crippen LogP contribution in [0.5, 0.6) is 0 Å². The Bertz CT molecular complexity index is 2140. The lowest BCUT2D eigenvalue weighted by Gasteiger charge is -2.50. The topological polar surface area (TPSA) is 179 Å². The molecule has 5 heterocycles. The lowest BCUT2D eigenvalue weighted by Crippen LogP contribution is -2.70. The van der Waals surface area contributed by atoms with Crippen LogP contribution in [0, 0.1) is 10.8 Å². The van der Waals surface area contributed by atoms with Crippen molar-refractivity contribution in [3.05, 3.63) is 113 Å². The molecule has 2 amide bonds. The molecule has 0 radical (unpaired) electrons. The Morgan fingerprint density at radius 1 is 0.917 bits per heavy atom. The summed E-state index contributed by atoms with van der Waals surface area (Å²) < 4.78 is 30.7. The Hall–Kier alpha value is -5.45. The summed E-state index contributed by atoms with van der Waals surface area (Å²) in [6.07, 6.45) is -0.699. The van der Waals surface area contributed by atoms with Crippen LogP contribution in [0.2, 0.25) is 0 Å². The van der Waals surface area contributed by atoms with E-state index in [1.807, 2.05) is 72.8 Å². The van der Waals surface area contributed by atoms with Gasteiger partial charge >= 0.3 is 17.9 Å². The largest absolute Gasteiger partial charge is 0.462 e. The Morgan fingerprint density at radius 3 is 2.25 bits per heavy atom. The number of aliphatic hydroxyl groups is 1. The number of ether oxygens (including phenoxy) is 5. The molecule has 3 aromatic carbocycles. The summed E-state index contributed by atoms with van der Waals surface area (Å²) in [6.45, 7) is 3.91. The van der Waals surface area contributed by atoms with Crippen molar-refractivity contribution in [2.45, 2.75) is 88.0 Å². The number of hydrogen-bond acceptors (Lipinski definition) is 13. The summed E-state index contributed by atoms with van der Waals surface area (Å²) in [5.41, 5.74) is 0.672. The lowest BCUT2D eigenvalue weighted by atomic mass is 9.62. The van der Waals surface area contributed by atoms with Crippen molar-refractivity contribution >= 4 is 35.8 Å². The second-order valence-corrected chi connectivity index (χ2v) is 16.9. The van der Waals surface area contributed by atoms with Gasteiger partial charge in [-0.1, -0.05) is 98.8 Å². The van der Waals surface area contributed by atoms with Gasteiger partial charge in [0.2, 0.25) is 23.7 Å². The standard InChI is InChI=1S/C45H47N3O12/c1-43(2)26-55-41(53)38(43)57-33(50)20-19-27-15-17-28(18-16-27)25-48-36-40(52)56-32-24-44(36,42(54)47-22-9-14-31(47)39(51)46-21-23-49)37(60-48)35-34(32)58-45(59-35,29-10-5-3-6-11-29)30-12-7-4-8-13-30/h3-8,10-13,15-20,31-32,34-38,49H,9,14,21-26H2,1-2H3,(H,46,51)/t31-,32-,34+,35+,36+,37-,38+,44+/m1/s1. The van der Waals surface area contributed by atoms with E-state index in [-0.39, 0.29) is 38.6 Å². The molecule has 15 nitrogen and oxygen atoms in total. The maximum Gasteiger partial charge on any atom is 0.348 e. The van der Waals surface area contributed by atoms with Gasteiger partial charge < -0.3 is 39.0 Å². The molecule has 9 rings (SSSR count). The van der Waals surface area contributed by atoms with Gasteiger partial charge in [0.05, 0.1) is 13.2 Å². The molecule has 2 bridgehead atoms. The zero-order valence-electron chi connectivity index (χ0n) is 33.3. The molecule has 6 aliphatic rings. The molecule has 0 aromatic heterocycles. The number of rotatable bonds is 11. The van der Waals surface area contributed by atoms with Crippen molar-refractivity contribution in [1.29, 1.82) is 0 Å². The van der Waals surface area contributed by atoms with Crippen LogP contribution in [0.25, 0.3) is 6.08 Å². The van der Waals surface area contributed by atoms with E-state index in [4.69, 9.17) is 28.5 Å². The number of nitrogens with zero attached hydrogens (tertiary/aromatic N) is 2. The number of hydroxylamine groups is 2. The number of cyclic esters (lactones) is 1. The van der Waals surface area contributed by atoms with Crippen molar-refractivity contribution in [1.82, 2.24) is 15.3 Å². The van der Waals surface area contributed by atoms with Crippen molar-refractivity contribution in [2.24, 2.45) is 10.8 Å². The van der Waals surface area contributed by atoms with Gasteiger partial charge in [0, 0.05) is 42.1 Å². The maximum atomic E-state index is 15.4. The fourth-order valence-corrected chi connectivity index (χ4v) is 9.68. The highest BCUT2D eigenvalue weighted by molar-refractivity contribution is 5.96. The van der Waals surface area contributed by atoms with Gasteiger partial charge in [-0.3, -0.25) is 19.2 Å². The van der Waals surface area contributed by atoms with Crippen LogP contribution in [0.4, 0.5) is 0 Å². The molecule has 8 atom stereocenters. The molecule has 0 spiro atoms. The van der Waals surface area contributed by atoms with Crippen molar-refractivity contribution in [2.75, 3.05) is 26.3 Å². The predicted molar refractivity (Wildman–Crippen MR) is 209 cm³/mol. The Labute approximate surface area is 346 Å². The fraction of sp³-hybridized carbons (Fsp3) is 0.444. The molecule has 60 heavy (non-hydrogen) atoms. The van der Waals surface area contributed by atoms with E-state index in [0.717, 1.165) is 5.56 Å². The van der Waals surface area contributed by atoms with Crippen LogP contribution in [-0.2, 0) is 64.8 Å². The van der Waals surface area contributed by atoms with Crippen molar-refractivity contribution in [3.8, 4) is 0 Å². The Morgan fingerprint density at radius 2 is 1.60 bits per heavy atom. The van der Waals surface area contributed by atoms with Crippen molar-refractivity contribution < 1.29 is 57.6 Å². The predicted octanol–water partition coefficient (Wildman–Crippen LogP) is 2.78. The van der Waals surface area contributed by atoms with Gasteiger partial charge in [0.15, 0.2) is 6.04 Å². The molecule has 1 aliphatic carbocycles. The number of carbonyl (C=O) groups is 5. The average Bonchev–Trinajstić information content (AvgIpc) is 4.05. The summed E-state index contributed by atoms with van der Waals surface area (Å²) in [6, 6.07) is 24.2. The zero-order chi connectivity index (χ0) is 41.8. The summed E-state index contributed by atoms with van der Waals surface area (Å²) >= 11 is 0. The van der Waals surface area contributed by atoms with E-state index in [0.29, 0.717) is 36.1 Å². The van der Waals surface area contributed by atoms with Crippen LogP contribution >= 0.6 is 0 Å². The first kappa shape index (κ1) is 40.0. The normalized spacial score (nSPS) is 31.1. The molecule has 3 aromatic rings. The van der Waals surface area contributed by atoms with Crippen molar-refractivity contribution in [3.63, 3.8) is 0 Å². The Balaban J connectivity index is 1.03. The van der Waals surface area contributed by atoms with E-state index in [1.165, 1.54) is 11.1 Å². The average molecular weight is 822 g/mol. The number of esters is 3. The van der Waals surface area contributed by atoms with Crippen LogP contribution < -0.4 is 5.32 Å². The third-order valence-electron chi connectivity index (χ3n) is 12.6. The second-order valence-electron chi connectivity index (χ2n) is 16.9. The van der Waals surface area contributed by atoms with Crippen LogP contribution in [0.15, 0.2) is 91.0 Å². The molecule has 0 unspecified atom stereocenters. The first-order chi connectivity index (χ1) is 28.9. The third kappa shape index (κ3) is 6.68. The molecule has 15 heteroatoms. The van der Waals surface area contributed by atoms with E-state index in [9.17, 15) is 24.3 Å². The minimum absolute atomic E-state index is 0.0446. The number of benzene rings is 3. The zero-order valence-corrected chi connectivity index (χ0v) is 33.3. The number of likely N-dealkylation sites (tertiary alicyclic amines) is 1. The first-order valence-electron chi connectivity index (χ1n) is 20.4. The minimum atomic E-state index is -1.52. The molecule has 5 aliphatic heterocycles. The third-order valence-corrected chi connectivity index (χ3v) is 12.6. The number of hydrogen-bond donors (Lipinski definition) is 2. The van der Waals surface area contributed by atoms with Gasteiger partial charge in [-0.05, 0) is 30.0 Å². The highest BCUT2D eigenvalue weighted by Gasteiger charge is 2.77. The molecule has 6 fully saturated rings. The molecular formula is C45H47N3O12. The highest BCUT2D eigenvalue weighted by atomic mass is 16.8. The van der Waals surface area contributed by atoms with Gasteiger partial charge in [0.1, 0.15) is 42.5 Å². The fourth-order valence-electron chi connectivity index (χ4n) is 9.68. The van der Waals surface area contributed by atoms with Gasteiger partial charge in [-0.2, -0.15) is 5.06 Å². The summed E-state index contributed by atoms with van der Waals surface area (Å²) in [7, 11) is 0. The molecule has 2 N–H and O–H groups in total. The number of nitrogens with one attached hydrogen (secondary N) is 1. The maximum absolute atomic E-state index is 15.4. The lowest BCUT2D eigenvalue weighted by molar-refractivity contribution is -0.214. The van der Waals surface area contributed by atoms with Crippen LogP contribution in [-0.4, -0.2) is 114 Å². The van der Waals surface area contributed by atoms with E-state index in [1.54, 1.807) is 37.0 Å². The van der Waals surface area contributed by atoms with Gasteiger partial charge in [0.25, 0.3) is 0 Å². The molecule has 1 saturated carbocycles. The molecular weight excluding hydrogens is 775 g/mol. The summed E-state index contributed by atoms with van der Waals surface area (Å²) in [5.74, 6) is -4.10.